The first-order chi connectivity index (χ1) is 22.4. The third-order valence-corrected chi connectivity index (χ3v) is 9.32. The molecule has 48 heavy (non-hydrogen) atoms. The second kappa shape index (κ2) is 16.3. The van der Waals surface area contributed by atoms with E-state index in [1.54, 1.807) is 0 Å². The summed E-state index contributed by atoms with van der Waals surface area (Å²) in [6.45, 7) is 13.4. The number of nitrogens with one attached hydrogen (secondary N) is 4. The molecule has 0 aromatic heterocycles. The fraction of sp³-hybridized carbons (Fsp3) is 0.657. The lowest BCUT2D eigenvalue weighted by molar-refractivity contribution is -0.144. The quantitative estimate of drug-likeness (QED) is 0.199. The summed E-state index contributed by atoms with van der Waals surface area (Å²) in [5.74, 6) is -2.94. The van der Waals surface area contributed by atoms with E-state index in [1.165, 1.54) is 4.90 Å². The molecule has 1 saturated heterocycles. The van der Waals surface area contributed by atoms with Gasteiger partial charge in [0, 0.05) is 13.1 Å². The highest BCUT2D eigenvalue weighted by atomic mass is 16.5. The number of nitrogens with two attached hydrogens (primary N) is 1. The molecule has 1 aromatic carbocycles. The van der Waals surface area contributed by atoms with Gasteiger partial charge in [-0.1, -0.05) is 98.1 Å². The molecule has 1 aliphatic carbocycles. The highest BCUT2D eigenvalue weighted by molar-refractivity contribution is 6.37. The van der Waals surface area contributed by atoms with E-state index < -0.39 is 70.6 Å². The molecule has 3 rings (SSSR count). The number of Topliss-reactive ketones (excluding diaryl/α,β-unsaturated/α-hetero) is 1. The average molecular weight is 671 g/mol. The van der Waals surface area contributed by atoms with Crippen LogP contribution in [0.4, 0.5) is 9.59 Å². The second-order valence-electron chi connectivity index (χ2n) is 15.3. The molecule has 1 heterocycles. The third-order valence-electron chi connectivity index (χ3n) is 9.32. The topological polar surface area (TPSA) is 189 Å². The molecule has 6 N–H and O–H groups in total. The van der Waals surface area contributed by atoms with E-state index in [1.807, 2.05) is 78.8 Å². The first-order valence-corrected chi connectivity index (χ1v) is 16.8. The van der Waals surface area contributed by atoms with Gasteiger partial charge in [0.25, 0.3) is 5.91 Å². The summed E-state index contributed by atoms with van der Waals surface area (Å²) < 4.78 is 5.44. The van der Waals surface area contributed by atoms with Gasteiger partial charge in [0.2, 0.25) is 17.6 Å². The summed E-state index contributed by atoms with van der Waals surface area (Å²) in [5.41, 5.74) is 4.95. The lowest BCUT2D eigenvalue weighted by atomic mass is 9.80. The zero-order valence-corrected chi connectivity index (χ0v) is 29.4. The van der Waals surface area contributed by atoms with Crippen LogP contribution in [0.3, 0.4) is 0 Å². The zero-order valence-electron chi connectivity index (χ0n) is 29.4. The highest BCUT2D eigenvalue weighted by Gasteiger charge is 2.46. The Morgan fingerprint density at radius 2 is 1.56 bits per heavy atom. The minimum absolute atomic E-state index is 0.108. The molecule has 13 nitrogen and oxygen atoms in total. The van der Waals surface area contributed by atoms with E-state index in [0.717, 1.165) is 24.8 Å². The Morgan fingerprint density at radius 1 is 0.917 bits per heavy atom. The number of primary amides is 1. The number of rotatable bonds is 13. The van der Waals surface area contributed by atoms with Crippen molar-refractivity contribution in [1.82, 2.24) is 26.2 Å². The molecule has 3 unspecified atom stereocenters. The number of ketones is 1. The van der Waals surface area contributed by atoms with Crippen LogP contribution < -0.4 is 27.0 Å². The second-order valence-corrected chi connectivity index (χ2v) is 15.3. The molecule has 13 heteroatoms. The summed E-state index contributed by atoms with van der Waals surface area (Å²) in [5, 5.41) is 11.1. The third kappa shape index (κ3) is 10.7. The molecule has 1 saturated carbocycles. The SMILES string of the molecule is C[C@H]1CCN(C(=O)C(NC(=O)N[C@@H](COC(=O)NCc2ccccc2)C(C)(C)C)C(C)(C)C)C1C(=O)NC(CC1CCC1)C(=O)C(N)=O. The predicted octanol–water partition coefficient (Wildman–Crippen LogP) is 3.01. The number of benzene rings is 1. The van der Waals surface area contributed by atoms with Crippen LogP contribution in [-0.2, 0) is 30.5 Å². The van der Waals surface area contributed by atoms with Crippen LogP contribution in [0.5, 0.6) is 0 Å². The predicted molar refractivity (Wildman–Crippen MR) is 180 cm³/mol. The van der Waals surface area contributed by atoms with Crippen molar-refractivity contribution in [2.45, 2.75) is 111 Å². The molecule has 2 fully saturated rings. The van der Waals surface area contributed by atoms with E-state index in [9.17, 15) is 28.8 Å². The van der Waals surface area contributed by atoms with Gasteiger partial charge in [-0.05, 0) is 41.1 Å². The number of carbonyl (C=O) groups is 6. The first-order valence-electron chi connectivity index (χ1n) is 16.8. The maximum atomic E-state index is 14.1. The Kier molecular flexibility index (Phi) is 13.0. The number of alkyl carbamates (subject to hydrolysis) is 1. The number of nitrogens with zero attached hydrogens (tertiary/aromatic N) is 1. The number of amides is 6. The summed E-state index contributed by atoms with van der Waals surface area (Å²) in [7, 11) is 0. The molecular formula is C35H54N6O7. The van der Waals surface area contributed by atoms with Crippen molar-refractivity contribution >= 4 is 35.6 Å². The van der Waals surface area contributed by atoms with Crippen LogP contribution in [0.1, 0.15) is 86.1 Å². The van der Waals surface area contributed by atoms with Crippen LogP contribution in [0.15, 0.2) is 30.3 Å². The number of ether oxygens (including phenoxy) is 1. The summed E-state index contributed by atoms with van der Waals surface area (Å²) in [6, 6.07) is 5.19. The number of urea groups is 1. The van der Waals surface area contributed by atoms with Crippen molar-refractivity contribution in [3.8, 4) is 0 Å². The number of likely N-dealkylation sites (tertiary alicyclic amines) is 1. The van der Waals surface area contributed by atoms with Gasteiger partial charge in [0.05, 0.1) is 12.1 Å². The van der Waals surface area contributed by atoms with Gasteiger partial charge >= 0.3 is 12.1 Å². The lowest BCUT2D eigenvalue weighted by Gasteiger charge is -2.37. The van der Waals surface area contributed by atoms with Crippen LogP contribution in [0.2, 0.25) is 0 Å². The Bertz CT molecular complexity index is 1320. The van der Waals surface area contributed by atoms with Crippen molar-refractivity contribution in [3.63, 3.8) is 0 Å². The molecule has 2 aliphatic rings. The monoisotopic (exact) mass is 670 g/mol. The standard InChI is InChI=1S/C35H54N6O7/c1-21-16-17-41(26(21)30(44)38-24(27(42)29(36)43)18-22-14-11-15-22)31(45)28(35(5,6)7)40-32(46)39-25(34(2,3)4)20-48-33(47)37-19-23-12-9-8-10-13-23/h8-10,12-13,21-22,24-26,28H,11,14-20H2,1-7H3,(H2,36,43)(H,37,47)(H,38,44)(H2,39,40,46)/t21-,24?,25-,26?,28?/m0/s1. The van der Waals surface area contributed by atoms with Gasteiger partial charge in [-0.2, -0.15) is 0 Å². The Labute approximate surface area is 283 Å². The molecule has 0 bridgehead atoms. The van der Waals surface area contributed by atoms with E-state index in [2.05, 4.69) is 21.3 Å². The lowest BCUT2D eigenvalue weighted by Crippen LogP contribution is -2.62. The van der Waals surface area contributed by atoms with Crippen molar-refractivity contribution in [2.24, 2.45) is 28.4 Å². The molecular weight excluding hydrogens is 616 g/mol. The van der Waals surface area contributed by atoms with Crippen LogP contribution >= 0.6 is 0 Å². The van der Waals surface area contributed by atoms with E-state index in [4.69, 9.17) is 10.5 Å². The average Bonchev–Trinajstić information content (AvgIpc) is 3.37. The van der Waals surface area contributed by atoms with Crippen molar-refractivity contribution in [3.05, 3.63) is 35.9 Å². The van der Waals surface area contributed by atoms with Crippen LogP contribution in [0.25, 0.3) is 0 Å². The van der Waals surface area contributed by atoms with E-state index >= 15 is 0 Å². The van der Waals surface area contributed by atoms with Crippen molar-refractivity contribution < 1.29 is 33.5 Å². The molecule has 6 amide bonds. The summed E-state index contributed by atoms with van der Waals surface area (Å²) in [4.78, 5) is 79.4. The minimum atomic E-state index is -1.11. The molecule has 1 aromatic rings. The molecule has 5 atom stereocenters. The molecule has 266 valence electrons. The van der Waals surface area contributed by atoms with Crippen LogP contribution in [-0.4, -0.2) is 77.8 Å². The maximum Gasteiger partial charge on any atom is 0.407 e. The number of carbonyl (C=O) groups excluding carboxylic acids is 6. The Hall–Kier alpha value is -4.16. The Balaban J connectivity index is 1.68. The molecule has 0 spiro atoms. The van der Waals surface area contributed by atoms with Gasteiger partial charge in [-0.15, -0.1) is 0 Å². The van der Waals surface area contributed by atoms with Gasteiger partial charge in [0.15, 0.2) is 0 Å². The smallest absolute Gasteiger partial charge is 0.407 e. The highest BCUT2D eigenvalue weighted by Crippen LogP contribution is 2.32. The minimum Gasteiger partial charge on any atom is -0.447 e. The van der Waals surface area contributed by atoms with E-state index in [-0.39, 0.29) is 25.0 Å². The first kappa shape index (κ1) is 38.3. The Morgan fingerprint density at radius 3 is 2.10 bits per heavy atom. The van der Waals surface area contributed by atoms with Crippen molar-refractivity contribution in [2.75, 3.05) is 13.2 Å². The fourth-order valence-corrected chi connectivity index (χ4v) is 5.95. The largest absolute Gasteiger partial charge is 0.447 e. The molecule has 0 radical (unpaired) electrons. The summed E-state index contributed by atoms with van der Waals surface area (Å²) in [6.07, 6.45) is 3.08. The zero-order chi connectivity index (χ0) is 35.8. The number of hydrogen-bond donors (Lipinski definition) is 5. The number of hydrogen-bond acceptors (Lipinski definition) is 7. The fourth-order valence-electron chi connectivity index (χ4n) is 5.95. The maximum absolute atomic E-state index is 14.1. The van der Waals surface area contributed by atoms with Gasteiger partial charge in [-0.25, -0.2) is 9.59 Å². The normalized spacial score (nSPS) is 20.0. The molecule has 1 aliphatic heterocycles. The van der Waals surface area contributed by atoms with Gasteiger partial charge < -0.3 is 36.6 Å². The van der Waals surface area contributed by atoms with Gasteiger partial charge in [-0.3, -0.25) is 19.2 Å². The summed E-state index contributed by atoms with van der Waals surface area (Å²) >= 11 is 0. The van der Waals surface area contributed by atoms with Crippen LogP contribution in [0, 0.1) is 22.7 Å². The van der Waals surface area contributed by atoms with E-state index in [0.29, 0.717) is 19.4 Å². The van der Waals surface area contributed by atoms with Gasteiger partial charge in [0.1, 0.15) is 18.7 Å². The van der Waals surface area contributed by atoms with Crippen molar-refractivity contribution in [1.29, 1.82) is 0 Å².